The third-order valence-electron chi connectivity index (χ3n) is 2.40. The molecule has 18 heavy (non-hydrogen) atoms. The van der Waals surface area contributed by atoms with E-state index in [2.05, 4.69) is 25.5 Å². The number of pyridine rings is 1. The summed E-state index contributed by atoms with van der Waals surface area (Å²) in [4.78, 5) is 18.5. The van der Waals surface area contributed by atoms with Crippen molar-refractivity contribution < 1.29 is 4.92 Å². The minimum absolute atomic E-state index is 0.0543. The minimum Gasteiger partial charge on any atom is -0.355 e. The molecule has 0 aromatic carbocycles. The van der Waals surface area contributed by atoms with Crippen molar-refractivity contribution in [2.24, 2.45) is 0 Å². The van der Waals surface area contributed by atoms with Crippen LogP contribution in [0.5, 0.6) is 0 Å². The fraction of sp³-hybridized carbons (Fsp3) is 0.300. The topological polar surface area (TPSA) is 110 Å². The Balaban J connectivity index is 2.26. The standard InChI is InChI=1S/C10H12N6O2/c1-6-3-8(16(17)18)10(11-4-6)14-7(2)9-12-5-13-15-9/h3-5,7H,1-2H3,(H,11,14)(H,12,13,15). The van der Waals surface area contributed by atoms with Crippen molar-refractivity contribution in [3.05, 3.63) is 40.1 Å². The van der Waals surface area contributed by atoms with Gasteiger partial charge in [-0.25, -0.2) is 9.97 Å². The maximum Gasteiger partial charge on any atom is 0.311 e. The highest BCUT2D eigenvalue weighted by atomic mass is 16.6. The molecule has 8 heteroatoms. The monoisotopic (exact) mass is 248 g/mol. The van der Waals surface area contributed by atoms with Gasteiger partial charge in [0.2, 0.25) is 5.82 Å². The molecule has 0 bridgehead atoms. The molecule has 0 fully saturated rings. The van der Waals surface area contributed by atoms with Crippen LogP contribution in [-0.4, -0.2) is 25.1 Å². The zero-order chi connectivity index (χ0) is 13.1. The van der Waals surface area contributed by atoms with Crippen molar-refractivity contribution in [1.82, 2.24) is 20.2 Å². The lowest BCUT2D eigenvalue weighted by molar-refractivity contribution is -0.384. The van der Waals surface area contributed by atoms with Gasteiger partial charge in [-0.2, -0.15) is 5.10 Å². The molecule has 2 N–H and O–H groups in total. The molecule has 94 valence electrons. The summed E-state index contributed by atoms with van der Waals surface area (Å²) in [7, 11) is 0. The van der Waals surface area contributed by atoms with E-state index >= 15 is 0 Å². The second kappa shape index (κ2) is 4.78. The van der Waals surface area contributed by atoms with Crippen molar-refractivity contribution in [1.29, 1.82) is 0 Å². The minimum atomic E-state index is -0.463. The summed E-state index contributed by atoms with van der Waals surface area (Å²) < 4.78 is 0. The van der Waals surface area contributed by atoms with Crippen LogP contribution in [0.2, 0.25) is 0 Å². The number of nitrogens with one attached hydrogen (secondary N) is 2. The van der Waals surface area contributed by atoms with Crippen molar-refractivity contribution in [2.45, 2.75) is 19.9 Å². The Labute approximate surface area is 103 Å². The molecular weight excluding hydrogens is 236 g/mol. The van der Waals surface area contributed by atoms with Gasteiger partial charge in [-0.05, 0) is 19.4 Å². The molecule has 0 aliphatic heterocycles. The molecule has 2 aromatic heterocycles. The predicted molar refractivity (Wildman–Crippen MR) is 64.0 cm³/mol. The third kappa shape index (κ3) is 2.42. The van der Waals surface area contributed by atoms with Crippen LogP contribution < -0.4 is 5.32 Å². The first-order chi connectivity index (χ1) is 8.58. The van der Waals surface area contributed by atoms with E-state index in [1.807, 2.05) is 6.92 Å². The molecular formula is C10H12N6O2. The molecule has 0 saturated heterocycles. The SMILES string of the molecule is Cc1cnc(NC(C)c2ncn[nH]2)c([N+](=O)[O-])c1. The molecule has 0 aliphatic carbocycles. The van der Waals surface area contributed by atoms with Gasteiger partial charge < -0.3 is 5.32 Å². The lowest BCUT2D eigenvalue weighted by Gasteiger charge is -2.11. The number of nitrogens with zero attached hydrogens (tertiary/aromatic N) is 4. The van der Waals surface area contributed by atoms with E-state index in [1.54, 1.807) is 13.1 Å². The van der Waals surface area contributed by atoms with E-state index in [-0.39, 0.29) is 17.5 Å². The number of anilines is 1. The number of H-pyrrole nitrogens is 1. The van der Waals surface area contributed by atoms with Gasteiger partial charge in [-0.3, -0.25) is 15.2 Å². The van der Waals surface area contributed by atoms with E-state index in [0.717, 1.165) is 5.56 Å². The van der Waals surface area contributed by atoms with Gasteiger partial charge in [0.05, 0.1) is 11.0 Å². The van der Waals surface area contributed by atoms with Gasteiger partial charge in [-0.1, -0.05) is 0 Å². The molecule has 0 radical (unpaired) electrons. The Morgan fingerprint density at radius 2 is 2.28 bits per heavy atom. The molecule has 0 saturated carbocycles. The van der Waals surface area contributed by atoms with E-state index in [0.29, 0.717) is 5.82 Å². The van der Waals surface area contributed by atoms with Crippen LogP contribution in [0.3, 0.4) is 0 Å². The number of aryl methyl sites for hydroxylation is 1. The van der Waals surface area contributed by atoms with Gasteiger partial charge in [0.1, 0.15) is 12.2 Å². The lowest BCUT2D eigenvalue weighted by atomic mass is 10.2. The third-order valence-corrected chi connectivity index (χ3v) is 2.40. The molecule has 1 unspecified atom stereocenters. The summed E-state index contributed by atoms with van der Waals surface area (Å²) in [6.45, 7) is 3.56. The second-order valence-electron chi connectivity index (χ2n) is 3.87. The summed E-state index contributed by atoms with van der Waals surface area (Å²) in [6, 6.07) is 1.23. The van der Waals surface area contributed by atoms with Crippen LogP contribution in [-0.2, 0) is 0 Å². The van der Waals surface area contributed by atoms with E-state index in [9.17, 15) is 10.1 Å². The van der Waals surface area contributed by atoms with Crippen LogP contribution >= 0.6 is 0 Å². The predicted octanol–water partition coefficient (Wildman–Crippen LogP) is 1.59. The average Bonchev–Trinajstić information content (AvgIpc) is 2.84. The van der Waals surface area contributed by atoms with Gasteiger partial charge >= 0.3 is 5.69 Å². The fourth-order valence-electron chi connectivity index (χ4n) is 1.50. The molecule has 0 amide bonds. The number of aromatic nitrogens is 4. The van der Waals surface area contributed by atoms with Gasteiger partial charge in [-0.15, -0.1) is 0 Å². The molecule has 1 atom stereocenters. The van der Waals surface area contributed by atoms with Crippen molar-refractivity contribution in [3.63, 3.8) is 0 Å². The van der Waals surface area contributed by atoms with Crippen LogP contribution in [0.4, 0.5) is 11.5 Å². The maximum absolute atomic E-state index is 10.9. The molecule has 8 nitrogen and oxygen atoms in total. The smallest absolute Gasteiger partial charge is 0.311 e. The van der Waals surface area contributed by atoms with Gasteiger partial charge in [0.25, 0.3) is 0 Å². The second-order valence-corrected chi connectivity index (χ2v) is 3.87. The molecule has 2 rings (SSSR count). The van der Waals surface area contributed by atoms with Crippen molar-refractivity contribution in [2.75, 3.05) is 5.32 Å². The Bertz CT molecular complexity index is 554. The van der Waals surface area contributed by atoms with Crippen LogP contribution in [0, 0.1) is 17.0 Å². The molecule has 0 spiro atoms. The number of nitro groups is 1. The highest BCUT2D eigenvalue weighted by Crippen LogP contribution is 2.25. The highest BCUT2D eigenvalue weighted by Gasteiger charge is 2.18. The van der Waals surface area contributed by atoms with E-state index in [4.69, 9.17) is 0 Å². The Morgan fingerprint density at radius 3 is 2.89 bits per heavy atom. The molecule has 2 heterocycles. The fourth-order valence-corrected chi connectivity index (χ4v) is 1.50. The summed E-state index contributed by atoms with van der Waals surface area (Å²) in [5.41, 5.74) is 0.681. The van der Waals surface area contributed by atoms with Crippen molar-refractivity contribution in [3.8, 4) is 0 Å². The quantitative estimate of drug-likeness (QED) is 0.628. The van der Waals surface area contributed by atoms with Gasteiger partial charge in [0, 0.05) is 12.3 Å². The first kappa shape index (κ1) is 12.0. The molecule has 2 aromatic rings. The number of aromatic amines is 1. The zero-order valence-corrected chi connectivity index (χ0v) is 9.91. The highest BCUT2D eigenvalue weighted by molar-refractivity contribution is 5.57. The number of hydrogen-bond acceptors (Lipinski definition) is 6. The van der Waals surface area contributed by atoms with Crippen molar-refractivity contribution >= 4 is 11.5 Å². The Kier molecular flexibility index (Phi) is 3.18. The lowest BCUT2D eigenvalue weighted by Crippen LogP contribution is -2.11. The van der Waals surface area contributed by atoms with E-state index < -0.39 is 4.92 Å². The first-order valence-corrected chi connectivity index (χ1v) is 5.30. The largest absolute Gasteiger partial charge is 0.355 e. The van der Waals surface area contributed by atoms with Crippen LogP contribution in [0.1, 0.15) is 24.4 Å². The number of hydrogen-bond donors (Lipinski definition) is 2. The van der Waals surface area contributed by atoms with E-state index in [1.165, 1.54) is 12.4 Å². The molecule has 0 aliphatic rings. The first-order valence-electron chi connectivity index (χ1n) is 5.30. The summed E-state index contributed by atoms with van der Waals surface area (Å²) >= 11 is 0. The summed E-state index contributed by atoms with van der Waals surface area (Å²) in [6.07, 6.45) is 2.95. The maximum atomic E-state index is 10.9. The summed E-state index contributed by atoms with van der Waals surface area (Å²) in [5.74, 6) is 0.807. The Hall–Kier alpha value is -2.51. The van der Waals surface area contributed by atoms with Crippen LogP contribution in [0.15, 0.2) is 18.6 Å². The Morgan fingerprint density at radius 1 is 1.50 bits per heavy atom. The average molecular weight is 248 g/mol. The van der Waals surface area contributed by atoms with Crippen LogP contribution in [0.25, 0.3) is 0 Å². The number of rotatable bonds is 4. The van der Waals surface area contributed by atoms with Gasteiger partial charge in [0.15, 0.2) is 0 Å². The summed E-state index contributed by atoms with van der Waals surface area (Å²) in [5, 5.41) is 20.3. The normalized spacial score (nSPS) is 12.1. The zero-order valence-electron chi connectivity index (χ0n) is 9.91.